The molecule has 1 aromatic carbocycles. The predicted octanol–water partition coefficient (Wildman–Crippen LogP) is 2.66. The quantitative estimate of drug-likeness (QED) is 0.849. The Labute approximate surface area is 98.2 Å². The number of hydrogen-bond acceptors (Lipinski definition) is 1. The minimum atomic E-state index is -1.33. The summed E-state index contributed by atoms with van der Waals surface area (Å²) in [5.74, 6) is 0. The molecule has 3 rings (SSSR count). The summed E-state index contributed by atoms with van der Waals surface area (Å²) in [6.45, 7) is 1.000. The molecule has 1 aliphatic rings. The van der Waals surface area contributed by atoms with Crippen molar-refractivity contribution in [1.29, 1.82) is 0 Å². The fraction of sp³-hybridized carbons (Fsp3) is 0.385. The van der Waals surface area contributed by atoms with Gasteiger partial charge in [0.25, 0.3) is 0 Å². The van der Waals surface area contributed by atoms with Crippen LogP contribution in [0.2, 0.25) is 0 Å². The van der Waals surface area contributed by atoms with E-state index in [1.165, 1.54) is 0 Å². The molecule has 0 aliphatic carbocycles. The Hall–Kier alpha value is -1.42. The lowest BCUT2D eigenvalue weighted by Crippen LogP contribution is -2.20. The van der Waals surface area contributed by atoms with E-state index in [-0.39, 0.29) is 13.1 Å². The number of hydrogen-bond donors (Lipinski definition) is 1. The molecule has 4 heteroatoms. The van der Waals surface area contributed by atoms with Crippen LogP contribution >= 0.6 is 0 Å². The Balaban J connectivity index is 1.83. The highest BCUT2D eigenvalue weighted by atomic mass is 19.2. The zero-order valence-electron chi connectivity index (χ0n) is 9.37. The van der Waals surface area contributed by atoms with Crippen LogP contribution in [0, 0.1) is 0 Å². The van der Waals surface area contributed by atoms with E-state index in [2.05, 4.69) is 4.98 Å². The van der Waals surface area contributed by atoms with E-state index in [1.807, 2.05) is 35.4 Å². The van der Waals surface area contributed by atoms with Crippen molar-refractivity contribution in [3.63, 3.8) is 0 Å². The zero-order chi connectivity index (χ0) is 11.8. The van der Waals surface area contributed by atoms with Crippen molar-refractivity contribution in [3.8, 4) is 0 Å². The maximum Gasteiger partial charge on any atom is 0.145 e. The maximum atomic E-state index is 13.1. The van der Waals surface area contributed by atoms with Crippen LogP contribution in [-0.4, -0.2) is 35.3 Å². The van der Waals surface area contributed by atoms with Crippen molar-refractivity contribution < 1.29 is 8.78 Å². The Kier molecular flexibility index (Phi) is 2.59. The molecule has 0 saturated carbocycles. The molecule has 1 saturated heterocycles. The highest BCUT2D eigenvalue weighted by molar-refractivity contribution is 5.82. The zero-order valence-corrected chi connectivity index (χ0v) is 9.37. The number of nitrogens with one attached hydrogen (secondary N) is 1. The fourth-order valence-electron chi connectivity index (χ4n) is 2.45. The summed E-state index contributed by atoms with van der Waals surface area (Å²) in [6, 6.07) is 7.97. The summed E-state index contributed by atoms with van der Waals surface area (Å²) in [7, 11) is 0. The van der Waals surface area contributed by atoms with Crippen molar-refractivity contribution in [3.05, 3.63) is 36.0 Å². The summed E-state index contributed by atoms with van der Waals surface area (Å²) in [6.07, 6.45) is -0.783. The molecule has 2 heterocycles. The van der Waals surface area contributed by atoms with Gasteiger partial charge in [-0.25, -0.2) is 8.78 Å². The first-order valence-electron chi connectivity index (χ1n) is 5.79. The van der Waals surface area contributed by atoms with E-state index < -0.39 is 12.3 Å². The topological polar surface area (TPSA) is 19.0 Å². The van der Waals surface area contributed by atoms with Gasteiger partial charge in [-0.2, -0.15) is 0 Å². The van der Waals surface area contributed by atoms with Gasteiger partial charge in [0.05, 0.1) is 0 Å². The number of aromatic amines is 1. The van der Waals surface area contributed by atoms with Gasteiger partial charge in [-0.3, -0.25) is 4.90 Å². The number of halogens is 2. The number of fused-ring (bicyclic) bond motifs is 1. The highest BCUT2D eigenvalue weighted by Gasteiger charge is 2.32. The van der Waals surface area contributed by atoms with Gasteiger partial charge in [-0.1, -0.05) is 12.1 Å². The number of nitrogens with zero attached hydrogens (tertiary/aromatic N) is 1. The molecular weight excluding hydrogens is 222 g/mol. The molecule has 1 aliphatic heterocycles. The molecule has 0 radical (unpaired) electrons. The van der Waals surface area contributed by atoms with E-state index in [4.69, 9.17) is 0 Å². The molecule has 0 unspecified atom stereocenters. The van der Waals surface area contributed by atoms with Crippen LogP contribution in [0.1, 0.15) is 5.56 Å². The van der Waals surface area contributed by atoms with Crippen LogP contribution < -0.4 is 0 Å². The minimum absolute atomic E-state index is 0.196. The smallest absolute Gasteiger partial charge is 0.145 e. The number of aromatic nitrogens is 1. The van der Waals surface area contributed by atoms with Crippen molar-refractivity contribution in [1.82, 2.24) is 9.88 Å². The molecule has 0 spiro atoms. The van der Waals surface area contributed by atoms with Crippen LogP contribution in [0.5, 0.6) is 0 Å². The first kappa shape index (κ1) is 10.7. The van der Waals surface area contributed by atoms with Crippen LogP contribution in [0.15, 0.2) is 30.5 Å². The summed E-state index contributed by atoms with van der Waals surface area (Å²) < 4.78 is 26.2. The van der Waals surface area contributed by atoms with Gasteiger partial charge in [0.1, 0.15) is 12.3 Å². The molecule has 0 amide bonds. The number of alkyl halides is 2. The van der Waals surface area contributed by atoms with Gasteiger partial charge in [-0.15, -0.1) is 0 Å². The summed E-state index contributed by atoms with van der Waals surface area (Å²) in [5.41, 5.74) is 2.18. The lowest BCUT2D eigenvalue weighted by molar-refractivity contribution is 0.217. The van der Waals surface area contributed by atoms with Crippen LogP contribution in [0.3, 0.4) is 0 Å². The average molecular weight is 236 g/mol. The molecule has 2 aromatic rings. The molecule has 1 aromatic heterocycles. The van der Waals surface area contributed by atoms with Gasteiger partial charge < -0.3 is 4.98 Å². The van der Waals surface area contributed by atoms with E-state index in [9.17, 15) is 8.78 Å². The summed E-state index contributed by atoms with van der Waals surface area (Å²) in [4.78, 5) is 4.97. The minimum Gasteiger partial charge on any atom is -0.361 e. The van der Waals surface area contributed by atoms with Crippen LogP contribution in [0.25, 0.3) is 10.9 Å². The number of benzene rings is 1. The van der Waals surface area contributed by atoms with Gasteiger partial charge in [0.2, 0.25) is 0 Å². The number of likely N-dealkylation sites (tertiary alicyclic amines) is 1. The van der Waals surface area contributed by atoms with Crippen LogP contribution in [0.4, 0.5) is 8.78 Å². The Bertz CT molecular complexity index is 513. The molecule has 90 valence electrons. The second kappa shape index (κ2) is 4.11. The normalized spacial score (nSPS) is 25.8. The molecule has 1 N–H and O–H groups in total. The largest absolute Gasteiger partial charge is 0.361 e. The van der Waals surface area contributed by atoms with Crippen molar-refractivity contribution in [2.45, 2.75) is 18.9 Å². The predicted molar refractivity (Wildman–Crippen MR) is 63.4 cm³/mol. The third kappa shape index (κ3) is 1.93. The van der Waals surface area contributed by atoms with E-state index in [0.717, 1.165) is 16.5 Å². The lowest BCUT2D eigenvalue weighted by Gasteiger charge is -2.14. The first-order valence-corrected chi connectivity index (χ1v) is 5.79. The van der Waals surface area contributed by atoms with Crippen LogP contribution in [-0.2, 0) is 6.54 Å². The molecule has 2 nitrogen and oxygen atoms in total. The van der Waals surface area contributed by atoms with Crippen molar-refractivity contribution >= 4 is 10.9 Å². The third-order valence-corrected chi connectivity index (χ3v) is 3.34. The standard InChI is InChI=1S/C13H14F2N2/c14-11-7-17(8-12(11)15)6-9-2-1-3-13-10(9)4-5-16-13/h1-5,11-12,16H,6-8H2/t11-,12+. The molecular formula is C13H14F2N2. The fourth-order valence-corrected chi connectivity index (χ4v) is 2.45. The highest BCUT2D eigenvalue weighted by Crippen LogP contribution is 2.23. The van der Waals surface area contributed by atoms with E-state index in [0.29, 0.717) is 6.54 Å². The SMILES string of the molecule is F[C@@H]1CN(Cc2cccc3[nH]ccc23)C[C@@H]1F. The maximum absolute atomic E-state index is 13.1. The Morgan fingerprint density at radius 1 is 1.18 bits per heavy atom. The van der Waals surface area contributed by atoms with Crippen molar-refractivity contribution in [2.24, 2.45) is 0 Å². The van der Waals surface area contributed by atoms with E-state index >= 15 is 0 Å². The van der Waals surface area contributed by atoms with Crippen molar-refractivity contribution in [2.75, 3.05) is 13.1 Å². The average Bonchev–Trinajstić information content (AvgIpc) is 2.87. The van der Waals surface area contributed by atoms with Gasteiger partial charge in [-0.05, 0) is 17.7 Å². The number of rotatable bonds is 2. The Morgan fingerprint density at radius 2 is 1.94 bits per heavy atom. The molecule has 2 atom stereocenters. The van der Waals surface area contributed by atoms with Gasteiger partial charge in [0.15, 0.2) is 0 Å². The Morgan fingerprint density at radius 3 is 2.71 bits per heavy atom. The molecule has 17 heavy (non-hydrogen) atoms. The first-order chi connectivity index (χ1) is 8.24. The van der Waals surface area contributed by atoms with E-state index in [1.54, 1.807) is 0 Å². The summed E-state index contributed by atoms with van der Waals surface area (Å²) >= 11 is 0. The van der Waals surface area contributed by atoms with Gasteiger partial charge >= 0.3 is 0 Å². The monoisotopic (exact) mass is 236 g/mol. The molecule has 1 fully saturated rings. The second-order valence-electron chi connectivity index (χ2n) is 4.58. The summed E-state index contributed by atoms with van der Waals surface area (Å²) in [5, 5.41) is 1.13. The molecule has 0 bridgehead atoms. The van der Waals surface area contributed by atoms with Gasteiger partial charge in [0, 0.05) is 36.7 Å². The third-order valence-electron chi connectivity index (χ3n) is 3.34. The second-order valence-corrected chi connectivity index (χ2v) is 4.58. The lowest BCUT2D eigenvalue weighted by atomic mass is 10.1. The number of H-pyrrole nitrogens is 1.